The van der Waals surface area contributed by atoms with E-state index in [4.69, 9.17) is 0 Å². The summed E-state index contributed by atoms with van der Waals surface area (Å²) < 4.78 is 3.28. The van der Waals surface area contributed by atoms with Gasteiger partial charge in [-0.25, -0.2) is 4.68 Å². The first kappa shape index (κ1) is 17.9. The smallest absolute Gasteiger partial charge is 0.252 e. The Hall–Kier alpha value is -3.47. The number of nitrogens with zero attached hydrogens (tertiary/aromatic N) is 3. The fraction of sp³-hybridized carbons (Fsp3) is 0.174. The Labute approximate surface area is 162 Å². The van der Waals surface area contributed by atoms with E-state index in [1.165, 1.54) is 4.57 Å². The van der Waals surface area contributed by atoms with E-state index in [-0.39, 0.29) is 17.9 Å². The molecule has 0 aliphatic rings. The summed E-state index contributed by atoms with van der Waals surface area (Å²) in [5.41, 5.74) is 4.66. The van der Waals surface area contributed by atoms with Crippen LogP contribution >= 0.6 is 0 Å². The van der Waals surface area contributed by atoms with Crippen LogP contribution in [0.15, 0.2) is 65.5 Å². The molecule has 0 aliphatic carbocycles. The molecular weight excluding hydrogens is 350 g/mol. The Morgan fingerprint density at radius 2 is 1.64 bits per heavy atom. The summed E-state index contributed by atoms with van der Waals surface area (Å²) in [5.74, 6) is -0.106. The van der Waals surface area contributed by atoms with Gasteiger partial charge >= 0.3 is 0 Å². The van der Waals surface area contributed by atoms with Crippen LogP contribution in [0.3, 0.4) is 0 Å². The summed E-state index contributed by atoms with van der Waals surface area (Å²) in [5, 5.41) is 5.56. The number of pyridine rings is 1. The summed E-state index contributed by atoms with van der Waals surface area (Å²) in [6.45, 7) is 5.77. The first-order valence-electron chi connectivity index (χ1n) is 9.21. The Morgan fingerprint density at radius 3 is 2.32 bits per heavy atom. The zero-order chi connectivity index (χ0) is 19.8. The zero-order valence-electron chi connectivity index (χ0n) is 16.1. The van der Waals surface area contributed by atoms with Crippen LogP contribution in [0.25, 0.3) is 16.7 Å². The first-order chi connectivity index (χ1) is 13.5. The number of aryl methyl sites for hydroxylation is 3. The molecule has 0 bridgehead atoms. The highest BCUT2D eigenvalue weighted by Crippen LogP contribution is 2.24. The van der Waals surface area contributed by atoms with Gasteiger partial charge in [0.2, 0.25) is 0 Å². The fourth-order valence-electron chi connectivity index (χ4n) is 3.54. The summed E-state index contributed by atoms with van der Waals surface area (Å²) in [6.07, 6.45) is 0. The molecule has 2 aromatic heterocycles. The SMILES string of the molecule is Cc1ccc(C(=O)Cn2c(=O)cc(C)c3c(C)nn(-c4ccccc4)c32)cc1. The van der Waals surface area contributed by atoms with E-state index in [0.717, 1.165) is 27.9 Å². The third kappa shape index (κ3) is 3.05. The van der Waals surface area contributed by atoms with Gasteiger partial charge in [0.25, 0.3) is 5.56 Å². The Morgan fingerprint density at radius 1 is 0.964 bits per heavy atom. The molecule has 5 nitrogen and oxygen atoms in total. The van der Waals surface area contributed by atoms with E-state index in [2.05, 4.69) is 5.10 Å². The molecule has 0 fully saturated rings. The average Bonchev–Trinajstić information content (AvgIpc) is 3.04. The molecule has 0 N–H and O–H groups in total. The molecule has 0 amide bonds. The molecule has 0 spiro atoms. The van der Waals surface area contributed by atoms with Crippen molar-refractivity contribution in [1.82, 2.24) is 14.3 Å². The van der Waals surface area contributed by atoms with Gasteiger partial charge in [0.1, 0.15) is 5.65 Å². The van der Waals surface area contributed by atoms with Gasteiger partial charge in [0.05, 0.1) is 17.9 Å². The van der Waals surface area contributed by atoms with Crippen LogP contribution in [-0.4, -0.2) is 20.1 Å². The van der Waals surface area contributed by atoms with Crippen LogP contribution in [0.4, 0.5) is 0 Å². The number of benzene rings is 2. The number of aromatic nitrogens is 3. The number of hydrogen-bond acceptors (Lipinski definition) is 3. The van der Waals surface area contributed by atoms with Crippen LogP contribution in [0, 0.1) is 20.8 Å². The van der Waals surface area contributed by atoms with E-state index >= 15 is 0 Å². The molecule has 2 aromatic carbocycles. The highest BCUT2D eigenvalue weighted by Gasteiger charge is 2.19. The number of para-hydroxylation sites is 1. The van der Waals surface area contributed by atoms with Crippen LogP contribution in [-0.2, 0) is 6.54 Å². The van der Waals surface area contributed by atoms with Crippen molar-refractivity contribution in [2.45, 2.75) is 27.3 Å². The average molecular weight is 371 g/mol. The minimum Gasteiger partial charge on any atom is -0.292 e. The van der Waals surface area contributed by atoms with E-state index in [9.17, 15) is 9.59 Å². The van der Waals surface area contributed by atoms with Gasteiger partial charge in [-0.3, -0.25) is 14.2 Å². The van der Waals surface area contributed by atoms with E-state index in [1.54, 1.807) is 22.9 Å². The van der Waals surface area contributed by atoms with Crippen molar-refractivity contribution in [3.8, 4) is 5.69 Å². The minimum absolute atomic E-state index is 0.0311. The number of ketones is 1. The van der Waals surface area contributed by atoms with Crippen molar-refractivity contribution < 1.29 is 4.79 Å². The lowest BCUT2D eigenvalue weighted by Crippen LogP contribution is -2.26. The van der Waals surface area contributed by atoms with Crippen LogP contribution in [0.5, 0.6) is 0 Å². The predicted molar refractivity (Wildman–Crippen MR) is 110 cm³/mol. The number of carbonyl (C=O) groups is 1. The second kappa shape index (κ2) is 6.93. The molecule has 4 rings (SSSR count). The van der Waals surface area contributed by atoms with Crippen molar-refractivity contribution in [2.24, 2.45) is 0 Å². The van der Waals surface area contributed by atoms with Gasteiger partial charge in [-0.15, -0.1) is 0 Å². The maximum absolute atomic E-state index is 12.9. The summed E-state index contributed by atoms with van der Waals surface area (Å²) in [7, 11) is 0. The number of Topliss-reactive ketones (excluding diaryl/α,β-unsaturated/α-hetero) is 1. The van der Waals surface area contributed by atoms with Crippen LogP contribution in [0.2, 0.25) is 0 Å². The van der Waals surface area contributed by atoms with Crippen molar-refractivity contribution in [3.05, 3.63) is 93.4 Å². The Bertz CT molecular complexity index is 1230. The van der Waals surface area contributed by atoms with E-state index in [0.29, 0.717) is 11.2 Å². The highest BCUT2D eigenvalue weighted by atomic mass is 16.1. The molecule has 0 radical (unpaired) electrons. The van der Waals surface area contributed by atoms with Crippen molar-refractivity contribution in [2.75, 3.05) is 0 Å². The lowest BCUT2D eigenvalue weighted by Gasteiger charge is -2.12. The molecule has 0 saturated carbocycles. The van der Waals surface area contributed by atoms with E-state index < -0.39 is 0 Å². The molecule has 0 saturated heterocycles. The van der Waals surface area contributed by atoms with Gasteiger partial charge in [0, 0.05) is 17.0 Å². The third-order valence-electron chi connectivity index (χ3n) is 4.97. The standard InChI is InChI=1S/C23H21N3O2/c1-15-9-11-18(12-10-15)20(27)14-25-21(28)13-16(2)22-17(3)24-26(23(22)25)19-7-5-4-6-8-19/h4-13H,14H2,1-3H3. The number of fused-ring (bicyclic) bond motifs is 1. The van der Waals surface area contributed by atoms with Crippen molar-refractivity contribution in [3.63, 3.8) is 0 Å². The van der Waals surface area contributed by atoms with Crippen molar-refractivity contribution in [1.29, 1.82) is 0 Å². The largest absolute Gasteiger partial charge is 0.292 e. The number of rotatable bonds is 4. The van der Waals surface area contributed by atoms with E-state index in [1.807, 2.05) is 63.2 Å². The van der Waals surface area contributed by atoms with Gasteiger partial charge in [0.15, 0.2) is 5.78 Å². The normalized spacial score (nSPS) is 11.1. The zero-order valence-corrected chi connectivity index (χ0v) is 16.1. The summed E-state index contributed by atoms with van der Waals surface area (Å²) in [6, 6.07) is 18.6. The quantitative estimate of drug-likeness (QED) is 0.510. The third-order valence-corrected chi connectivity index (χ3v) is 4.97. The van der Waals surface area contributed by atoms with Gasteiger partial charge in [-0.05, 0) is 38.5 Å². The fourth-order valence-corrected chi connectivity index (χ4v) is 3.54. The second-order valence-electron chi connectivity index (χ2n) is 7.07. The first-order valence-corrected chi connectivity index (χ1v) is 9.21. The maximum atomic E-state index is 12.9. The summed E-state index contributed by atoms with van der Waals surface area (Å²) >= 11 is 0. The number of hydrogen-bond donors (Lipinski definition) is 0. The van der Waals surface area contributed by atoms with Crippen molar-refractivity contribution >= 4 is 16.8 Å². The predicted octanol–water partition coefficient (Wildman–Crippen LogP) is 4.00. The molecule has 5 heteroatoms. The molecule has 0 aliphatic heterocycles. The molecule has 0 unspecified atom stereocenters. The lowest BCUT2D eigenvalue weighted by atomic mass is 10.1. The van der Waals surface area contributed by atoms with Gasteiger partial charge in [-0.1, -0.05) is 48.0 Å². The summed E-state index contributed by atoms with van der Waals surface area (Å²) in [4.78, 5) is 25.7. The molecule has 0 atom stereocenters. The Kier molecular flexibility index (Phi) is 4.43. The topological polar surface area (TPSA) is 56.9 Å². The van der Waals surface area contributed by atoms with Gasteiger partial charge in [-0.2, -0.15) is 5.10 Å². The molecular formula is C23H21N3O2. The highest BCUT2D eigenvalue weighted by molar-refractivity contribution is 5.97. The maximum Gasteiger partial charge on any atom is 0.252 e. The minimum atomic E-state index is -0.206. The molecule has 4 aromatic rings. The molecule has 140 valence electrons. The molecule has 2 heterocycles. The van der Waals surface area contributed by atoms with Crippen LogP contribution in [0.1, 0.15) is 27.2 Å². The second-order valence-corrected chi connectivity index (χ2v) is 7.07. The molecule has 28 heavy (non-hydrogen) atoms. The number of carbonyl (C=O) groups excluding carboxylic acids is 1. The van der Waals surface area contributed by atoms with Gasteiger partial charge < -0.3 is 0 Å². The Balaban J connectivity index is 1.91. The van der Waals surface area contributed by atoms with Crippen LogP contribution < -0.4 is 5.56 Å². The lowest BCUT2D eigenvalue weighted by molar-refractivity contribution is 0.0972. The monoisotopic (exact) mass is 371 g/mol.